The van der Waals surface area contributed by atoms with Crippen LogP contribution in [-0.2, 0) is 6.42 Å². The van der Waals surface area contributed by atoms with Crippen molar-refractivity contribution in [3.63, 3.8) is 0 Å². The van der Waals surface area contributed by atoms with Crippen molar-refractivity contribution in [2.24, 2.45) is 5.10 Å². The van der Waals surface area contributed by atoms with Crippen molar-refractivity contribution < 1.29 is 9.21 Å². The minimum absolute atomic E-state index is 0.293. The van der Waals surface area contributed by atoms with Gasteiger partial charge in [0.25, 0.3) is 5.91 Å². The van der Waals surface area contributed by atoms with E-state index in [9.17, 15) is 4.79 Å². The molecular weight excluding hydrogens is 352 g/mol. The van der Waals surface area contributed by atoms with Crippen LogP contribution in [0, 0.1) is 13.8 Å². The molecule has 0 aliphatic heterocycles. The second-order valence-corrected chi connectivity index (χ2v) is 6.92. The zero-order valence-corrected chi connectivity index (χ0v) is 16.0. The Morgan fingerprint density at radius 1 is 1.11 bits per heavy atom. The number of hydrogen-bond donors (Lipinski definition) is 2. The molecule has 4 rings (SSSR count). The van der Waals surface area contributed by atoms with Crippen molar-refractivity contribution in [3.8, 4) is 0 Å². The largest absolute Gasteiger partial charge is 0.455 e. The minimum atomic E-state index is -0.293. The van der Waals surface area contributed by atoms with Crippen LogP contribution < -0.4 is 10.7 Å². The summed E-state index contributed by atoms with van der Waals surface area (Å²) < 4.78 is 5.93. The maximum Gasteiger partial charge on any atom is 0.292 e. The molecule has 0 unspecified atom stereocenters. The van der Waals surface area contributed by atoms with Crippen molar-refractivity contribution in [1.29, 1.82) is 0 Å². The van der Waals surface area contributed by atoms with E-state index in [1.54, 1.807) is 12.3 Å². The van der Waals surface area contributed by atoms with Gasteiger partial charge in [-0.1, -0.05) is 24.3 Å². The summed E-state index contributed by atoms with van der Waals surface area (Å²) in [7, 11) is 0. The number of hydrogen-bond acceptors (Lipinski definition) is 5. The van der Waals surface area contributed by atoms with Crippen molar-refractivity contribution in [3.05, 3.63) is 76.9 Å². The molecule has 6 nitrogen and oxygen atoms in total. The van der Waals surface area contributed by atoms with Gasteiger partial charge in [-0.15, -0.1) is 0 Å². The molecule has 1 amide bonds. The Hall–Kier alpha value is -3.41. The zero-order valence-electron chi connectivity index (χ0n) is 16.0. The van der Waals surface area contributed by atoms with Gasteiger partial charge >= 0.3 is 0 Å². The lowest BCUT2D eigenvalue weighted by Gasteiger charge is -2.13. The van der Waals surface area contributed by atoms with E-state index in [0.29, 0.717) is 11.6 Å². The Labute approximate surface area is 163 Å². The molecule has 1 aliphatic rings. The van der Waals surface area contributed by atoms with Crippen molar-refractivity contribution >= 4 is 23.1 Å². The molecule has 0 radical (unpaired) electrons. The fraction of sp³-hybridized carbons (Fsp3) is 0.227. The van der Waals surface area contributed by atoms with E-state index in [1.165, 1.54) is 0 Å². The maximum absolute atomic E-state index is 12.7. The molecule has 142 valence electrons. The lowest BCUT2D eigenvalue weighted by atomic mass is 9.93. The number of carbonyl (C=O) groups is 1. The summed E-state index contributed by atoms with van der Waals surface area (Å²) in [5.41, 5.74) is 7.73. The summed E-state index contributed by atoms with van der Waals surface area (Å²) in [5, 5.41) is 7.39. The number of benzene rings is 1. The molecule has 6 heteroatoms. The SMILES string of the molecule is Cc1ccc(NC(=O)c2oc3c(c2C)/C(=N/Nc2ccccc2)CCC3)nc1. The van der Waals surface area contributed by atoms with E-state index in [4.69, 9.17) is 4.42 Å². The first kappa shape index (κ1) is 18.0. The number of aromatic nitrogens is 1. The fourth-order valence-corrected chi connectivity index (χ4v) is 3.36. The van der Waals surface area contributed by atoms with Crippen LogP contribution >= 0.6 is 0 Å². The Morgan fingerprint density at radius 3 is 2.68 bits per heavy atom. The van der Waals surface area contributed by atoms with E-state index in [-0.39, 0.29) is 5.91 Å². The normalized spacial score (nSPS) is 14.6. The second-order valence-electron chi connectivity index (χ2n) is 6.92. The summed E-state index contributed by atoms with van der Waals surface area (Å²) in [6, 6.07) is 13.5. The highest BCUT2D eigenvalue weighted by Gasteiger charge is 2.28. The molecule has 0 saturated carbocycles. The topological polar surface area (TPSA) is 79.5 Å². The third kappa shape index (κ3) is 3.67. The van der Waals surface area contributed by atoms with Crippen LogP contribution in [0.1, 0.15) is 45.8 Å². The van der Waals surface area contributed by atoms with E-state index in [2.05, 4.69) is 20.8 Å². The van der Waals surface area contributed by atoms with Gasteiger partial charge in [-0.05, 0) is 50.5 Å². The molecule has 1 aromatic carbocycles. The van der Waals surface area contributed by atoms with Crippen LogP contribution in [0.4, 0.5) is 11.5 Å². The summed E-state index contributed by atoms with van der Waals surface area (Å²) >= 11 is 0. The number of furan rings is 1. The molecule has 0 fully saturated rings. The summed E-state index contributed by atoms with van der Waals surface area (Å²) in [4.78, 5) is 16.9. The highest BCUT2D eigenvalue weighted by molar-refractivity contribution is 6.09. The molecule has 0 atom stereocenters. The maximum atomic E-state index is 12.7. The van der Waals surface area contributed by atoms with Gasteiger partial charge in [-0.2, -0.15) is 5.10 Å². The van der Waals surface area contributed by atoms with E-state index >= 15 is 0 Å². The van der Waals surface area contributed by atoms with Crippen LogP contribution in [0.15, 0.2) is 58.2 Å². The lowest BCUT2D eigenvalue weighted by Crippen LogP contribution is -2.15. The number of nitrogens with zero attached hydrogens (tertiary/aromatic N) is 2. The van der Waals surface area contributed by atoms with Gasteiger partial charge in [-0.3, -0.25) is 10.2 Å². The highest BCUT2D eigenvalue weighted by Crippen LogP contribution is 2.30. The van der Waals surface area contributed by atoms with E-state index in [1.807, 2.05) is 50.2 Å². The summed E-state index contributed by atoms with van der Waals surface area (Å²) in [6.45, 7) is 3.86. The lowest BCUT2D eigenvalue weighted by molar-refractivity contribution is 0.0993. The number of hydrazone groups is 1. The first-order valence-corrected chi connectivity index (χ1v) is 9.36. The quantitative estimate of drug-likeness (QED) is 0.649. The number of rotatable bonds is 4. The number of fused-ring (bicyclic) bond motifs is 1. The number of carbonyl (C=O) groups excluding carboxylic acids is 1. The zero-order chi connectivity index (χ0) is 19.5. The van der Waals surface area contributed by atoms with Crippen LogP contribution in [0.2, 0.25) is 0 Å². The van der Waals surface area contributed by atoms with Crippen molar-refractivity contribution in [2.75, 3.05) is 10.7 Å². The minimum Gasteiger partial charge on any atom is -0.455 e. The summed E-state index contributed by atoms with van der Waals surface area (Å²) in [5.74, 6) is 1.35. The molecule has 28 heavy (non-hydrogen) atoms. The molecule has 3 aromatic rings. The Balaban J connectivity index is 1.59. The Bertz CT molecular complexity index is 1020. The summed E-state index contributed by atoms with van der Waals surface area (Å²) in [6.07, 6.45) is 4.30. The van der Waals surface area contributed by atoms with Crippen LogP contribution in [0.3, 0.4) is 0 Å². The standard InChI is InChI=1S/C22H22N4O2/c1-14-11-12-19(23-13-14)24-22(27)21-15(2)20-17(9-6-10-18(20)28-21)26-25-16-7-4-3-5-8-16/h3-5,7-8,11-13,25H,6,9-10H2,1-2H3,(H,23,24,27)/b26-17+. The molecular formula is C22H22N4O2. The number of anilines is 2. The first-order valence-electron chi connectivity index (χ1n) is 9.36. The molecule has 1 aliphatic carbocycles. The number of amides is 1. The van der Waals surface area contributed by atoms with Gasteiger partial charge in [0.1, 0.15) is 11.6 Å². The van der Waals surface area contributed by atoms with Crippen LogP contribution in [0.5, 0.6) is 0 Å². The smallest absolute Gasteiger partial charge is 0.292 e. The van der Waals surface area contributed by atoms with Gasteiger partial charge < -0.3 is 9.73 Å². The van der Waals surface area contributed by atoms with Gasteiger partial charge in [-0.25, -0.2) is 4.98 Å². The van der Waals surface area contributed by atoms with Gasteiger partial charge in [0.2, 0.25) is 0 Å². The third-order valence-corrected chi connectivity index (χ3v) is 4.78. The molecule has 0 bridgehead atoms. The number of aryl methyl sites for hydroxylation is 2. The third-order valence-electron chi connectivity index (χ3n) is 4.78. The Morgan fingerprint density at radius 2 is 1.93 bits per heavy atom. The monoisotopic (exact) mass is 374 g/mol. The average Bonchev–Trinajstić information content (AvgIpc) is 3.06. The molecule has 2 aromatic heterocycles. The van der Waals surface area contributed by atoms with Crippen LogP contribution in [0.25, 0.3) is 0 Å². The fourth-order valence-electron chi connectivity index (χ4n) is 3.36. The molecule has 0 spiro atoms. The van der Waals surface area contributed by atoms with Gasteiger partial charge in [0.05, 0.1) is 11.4 Å². The van der Waals surface area contributed by atoms with E-state index in [0.717, 1.165) is 53.1 Å². The van der Waals surface area contributed by atoms with Crippen molar-refractivity contribution in [1.82, 2.24) is 4.98 Å². The van der Waals surface area contributed by atoms with Gasteiger partial charge in [0, 0.05) is 23.7 Å². The average molecular weight is 374 g/mol. The second kappa shape index (κ2) is 7.68. The Kier molecular flexibility index (Phi) is 4.93. The predicted molar refractivity (Wildman–Crippen MR) is 110 cm³/mol. The number of pyridine rings is 1. The predicted octanol–water partition coefficient (Wildman–Crippen LogP) is 4.70. The van der Waals surface area contributed by atoms with E-state index < -0.39 is 0 Å². The molecule has 2 heterocycles. The number of para-hydroxylation sites is 1. The van der Waals surface area contributed by atoms with Crippen molar-refractivity contribution in [2.45, 2.75) is 33.1 Å². The van der Waals surface area contributed by atoms with Crippen LogP contribution in [-0.4, -0.2) is 16.6 Å². The first-order chi connectivity index (χ1) is 13.6. The molecule has 2 N–H and O–H groups in total. The number of nitrogens with one attached hydrogen (secondary N) is 2. The molecule has 0 saturated heterocycles. The van der Waals surface area contributed by atoms with Gasteiger partial charge in [0.15, 0.2) is 5.76 Å². The highest BCUT2D eigenvalue weighted by atomic mass is 16.4.